The Balaban J connectivity index is 1.17. The summed E-state index contributed by atoms with van der Waals surface area (Å²) < 4.78 is 10.9. The number of hydrogen-bond acceptors (Lipinski definition) is 10. The topological polar surface area (TPSA) is 162 Å². The second-order valence-electron chi connectivity index (χ2n) is 15.4. The van der Waals surface area contributed by atoms with Gasteiger partial charge in [0.2, 0.25) is 23.6 Å². The minimum atomic E-state index is -1.12. The largest absolute Gasteiger partial charge is 0.390 e. The molecule has 0 unspecified atom stereocenters. The fourth-order valence-corrected chi connectivity index (χ4v) is 8.72. The number of morpholine rings is 2. The summed E-state index contributed by atoms with van der Waals surface area (Å²) in [5.74, 6) is -1.72. The lowest BCUT2D eigenvalue weighted by Crippen LogP contribution is -2.55. The third-order valence-corrected chi connectivity index (χ3v) is 12.0. The number of carbonyl (C=O) groups excluding carboxylic acids is 4. The van der Waals surface area contributed by atoms with Gasteiger partial charge in [-0.15, -0.1) is 11.3 Å². The lowest BCUT2D eigenvalue weighted by molar-refractivity contribution is -0.140. The van der Waals surface area contributed by atoms with Gasteiger partial charge in [0.15, 0.2) is 0 Å². The number of thiazole rings is 1. The molecule has 4 N–H and O–H groups in total. The molecule has 2 aromatic carbocycles. The van der Waals surface area contributed by atoms with Crippen LogP contribution in [-0.2, 0) is 41.5 Å². The van der Waals surface area contributed by atoms with Crippen LogP contribution in [0.1, 0.15) is 62.6 Å². The number of rotatable bonds is 18. The molecule has 4 atom stereocenters. The molecule has 3 fully saturated rings. The van der Waals surface area contributed by atoms with Crippen LogP contribution in [0.15, 0.2) is 53.4 Å². The summed E-state index contributed by atoms with van der Waals surface area (Å²) in [5, 5.41) is 24.5. The van der Waals surface area contributed by atoms with Gasteiger partial charge < -0.3 is 35.4 Å². The molecule has 3 aromatic rings. The van der Waals surface area contributed by atoms with Gasteiger partial charge in [-0.3, -0.25) is 24.1 Å². The van der Waals surface area contributed by atoms with Gasteiger partial charge in [0, 0.05) is 57.5 Å². The Morgan fingerprint density at radius 2 is 1.59 bits per heavy atom. The molecule has 1 saturated carbocycles. The number of aliphatic hydroxyl groups is 1. The first-order valence-corrected chi connectivity index (χ1v) is 21.3. The van der Waals surface area contributed by atoms with Crippen molar-refractivity contribution in [3.05, 3.63) is 64.6 Å². The van der Waals surface area contributed by atoms with Gasteiger partial charge in [0.05, 0.1) is 62.1 Å². The number of benzene rings is 2. The predicted octanol–water partition coefficient (Wildman–Crippen LogP) is 3.09. The second-order valence-corrected chi connectivity index (χ2v) is 16.1. The SMILES string of the molecule is O=C(C[C@H](O)[C@H](CC1CCCCC1)NC(=O)[C@H](Cc1cscn1)NC(=O)[C@@H](CC(=O)N1CCOCC1)Cc1cccc2ccccc12)NCCN1CCOCC1. The molecule has 3 heterocycles. The van der Waals surface area contributed by atoms with E-state index in [9.17, 15) is 24.3 Å². The highest BCUT2D eigenvalue weighted by Crippen LogP contribution is 2.29. The number of nitrogens with one attached hydrogen (secondary N) is 3. The lowest BCUT2D eigenvalue weighted by atomic mass is 9.83. The highest BCUT2D eigenvalue weighted by Gasteiger charge is 2.34. The Morgan fingerprint density at radius 1 is 0.857 bits per heavy atom. The zero-order valence-electron chi connectivity index (χ0n) is 32.4. The van der Waals surface area contributed by atoms with Crippen LogP contribution >= 0.6 is 11.3 Å². The average molecular weight is 791 g/mol. The van der Waals surface area contributed by atoms with Gasteiger partial charge in [0.25, 0.3) is 0 Å². The first-order valence-electron chi connectivity index (χ1n) is 20.4. The Bertz CT molecular complexity index is 1700. The molecule has 13 nitrogen and oxygen atoms in total. The maximum atomic E-state index is 14.4. The molecule has 2 saturated heterocycles. The van der Waals surface area contributed by atoms with Gasteiger partial charge in [0.1, 0.15) is 6.04 Å². The molecule has 1 aliphatic carbocycles. The molecular formula is C42H58N6O7S. The highest BCUT2D eigenvalue weighted by atomic mass is 32.1. The molecule has 1 aromatic heterocycles. The molecule has 304 valence electrons. The van der Waals surface area contributed by atoms with E-state index in [1.54, 1.807) is 10.4 Å². The monoisotopic (exact) mass is 790 g/mol. The Hall–Kier alpha value is -3.95. The van der Waals surface area contributed by atoms with Crippen molar-refractivity contribution in [1.82, 2.24) is 30.7 Å². The van der Waals surface area contributed by atoms with Crippen molar-refractivity contribution in [2.45, 2.75) is 82.4 Å². The van der Waals surface area contributed by atoms with E-state index < -0.39 is 35.9 Å². The van der Waals surface area contributed by atoms with Crippen molar-refractivity contribution < 1.29 is 33.8 Å². The zero-order chi connectivity index (χ0) is 39.1. The smallest absolute Gasteiger partial charge is 0.243 e. The number of aromatic nitrogens is 1. The maximum absolute atomic E-state index is 14.4. The first-order chi connectivity index (χ1) is 27.3. The van der Waals surface area contributed by atoms with Gasteiger partial charge in [-0.05, 0) is 35.1 Å². The van der Waals surface area contributed by atoms with Gasteiger partial charge in [-0.2, -0.15) is 0 Å². The number of ether oxygens (including phenoxy) is 2. The summed E-state index contributed by atoms with van der Waals surface area (Å²) >= 11 is 1.40. The number of hydrogen-bond donors (Lipinski definition) is 4. The first kappa shape index (κ1) is 41.7. The molecule has 6 rings (SSSR count). The summed E-state index contributed by atoms with van der Waals surface area (Å²) in [6.07, 6.45) is 5.01. The van der Waals surface area contributed by atoms with E-state index in [-0.39, 0.29) is 31.1 Å². The zero-order valence-corrected chi connectivity index (χ0v) is 33.2. The quantitative estimate of drug-likeness (QED) is 0.152. The summed E-state index contributed by atoms with van der Waals surface area (Å²) in [4.78, 5) is 63.8. The molecule has 0 radical (unpaired) electrons. The average Bonchev–Trinajstić information content (AvgIpc) is 3.74. The number of fused-ring (bicyclic) bond motifs is 1. The van der Waals surface area contributed by atoms with E-state index in [0.29, 0.717) is 77.1 Å². The van der Waals surface area contributed by atoms with Crippen LogP contribution in [-0.4, -0.2) is 127 Å². The van der Waals surface area contributed by atoms with Gasteiger partial charge in [-0.1, -0.05) is 74.6 Å². The van der Waals surface area contributed by atoms with E-state index in [1.165, 1.54) is 11.3 Å². The standard InChI is InChI=1S/C42H58N6O7S/c49-38(27-39(50)43-13-14-47-15-19-54-20-16-47)36(23-30-7-2-1-3-8-30)45-42(53)37(26-34-28-56-29-44-34)46-41(52)33(25-40(51)48-17-21-55-22-18-48)24-32-11-6-10-31-9-4-5-12-35(31)32/h4-6,9-12,28-30,33,36-38,49H,1-3,7-8,13-27H2,(H,43,50)(H,45,53)(H,46,52)/t33-,36+,37+,38+/m1/s1. The molecule has 3 aliphatic rings. The molecule has 14 heteroatoms. The van der Waals surface area contributed by atoms with Gasteiger partial charge in [-0.25, -0.2) is 4.98 Å². The van der Waals surface area contributed by atoms with Gasteiger partial charge >= 0.3 is 0 Å². The molecule has 2 aliphatic heterocycles. The highest BCUT2D eigenvalue weighted by molar-refractivity contribution is 7.07. The molecule has 0 bridgehead atoms. The van der Waals surface area contributed by atoms with Crippen molar-refractivity contribution in [1.29, 1.82) is 0 Å². The van der Waals surface area contributed by atoms with E-state index in [1.807, 2.05) is 47.8 Å². The fraction of sp³-hybridized carbons (Fsp3) is 0.595. The number of amides is 4. The van der Waals surface area contributed by atoms with Crippen LogP contribution in [0.4, 0.5) is 0 Å². The maximum Gasteiger partial charge on any atom is 0.243 e. The van der Waals surface area contributed by atoms with E-state index in [0.717, 1.165) is 61.5 Å². The van der Waals surface area contributed by atoms with E-state index in [2.05, 4.69) is 25.8 Å². The molecule has 4 amide bonds. The van der Waals surface area contributed by atoms with Crippen LogP contribution in [0.5, 0.6) is 0 Å². The Labute approximate surface area is 333 Å². The lowest BCUT2D eigenvalue weighted by Gasteiger charge is -2.32. The summed E-state index contributed by atoms with van der Waals surface area (Å²) in [5.41, 5.74) is 3.27. The van der Waals surface area contributed by atoms with E-state index >= 15 is 0 Å². The van der Waals surface area contributed by atoms with Crippen LogP contribution in [0.2, 0.25) is 0 Å². The van der Waals surface area contributed by atoms with Crippen LogP contribution in [0.25, 0.3) is 10.8 Å². The number of carbonyl (C=O) groups is 4. The normalized spacial score (nSPS) is 19.1. The second kappa shape index (κ2) is 21.5. The minimum absolute atomic E-state index is 0.0240. The van der Waals surface area contributed by atoms with Crippen LogP contribution in [0.3, 0.4) is 0 Å². The van der Waals surface area contributed by atoms with Crippen molar-refractivity contribution in [3.63, 3.8) is 0 Å². The fourth-order valence-electron chi connectivity index (χ4n) is 8.15. The van der Waals surface area contributed by atoms with Crippen molar-refractivity contribution in [2.24, 2.45) is 11.8 Å². The minimum Gasteiger partial charge on any atom is -0.390 e. The van der Waals surface area contributed by atoms with Crippen molar-refractivity contribution in [3.8, 4) is 0 Å². The predicted molar refractivity (Wildman–Crippen MR) is 215 cm³/mol. The Morgan fingerprint density at radius 3 is 2.34 bits per heavy atom. The summed E-state index contributed by atoms with van der Waals surface area (Å²) in [7, 11) is 0. The molecule has 56 heavy (non-hydrogen) atoms. The van der Waals surface area contributed by atoms with Crippen molar-refractivity contribution in [2.75, 3.05) is 65.7 Å². The van der Waals surface area contributed by atoms with Crippen LogP contribution < -0.4 is 16.0 Å². The molecular weight excluding hydrogens is 733 g/mol. The number of nitrogens with zero attached hydrogens (tertiary/aromatic N) is 3. The summed E-state index contributed by atoms with van der Waals surface area (Å²) in [6, 6.07) is 12.2. The third-order valence-electron chi connectivity index (χ3n) is 11.4. The summed E-state index contributed by atoms with van der Waals surface area (Å²) in [6.45, 7) is 5.98. The molecule has 0 spiro atoms. The third kappa shape index (κ3) is 12.5. The number of aliphatic hydroxyl groups excluding tert-OH is 1. The van der Waals surface area contributed by atoms with Crippen molar-refractivity contribution >= 4 is 45.7 Å². The Kier molecular flexibility index (Phi) is 16.0. The van der Waals surface area contributed by atoms with E-state index in [4.69, 9.17) is 9.47 Å². The van der Waals surface area contributed by atoms with Crippen LogP contribution in [0, 0.1) is 11.8 Å².